The first-order valence-corrected chi connectivity index (χ1v) is 10.4. The fraction of sp³-hybridized carbons (Fsp3) is 0.909. The Morgan fingerprint density at radius 2 is 1.88 bits per heavy atom. The summed E-state index contributed by atoms with van der Waals surface area (Å²) in [6.07, 6.45) is 11.5. The van der Waals surface area contributed by atoms with Gasteiger partial charge in [-0.25, -0.2) is 0 Å². The summed E-state index contributed by atoms with van der Waals surface area (Å²) in [5, 5.41) is 0. The highest BCUT2D eigenvalue weighted by Crippen LogP contribution is 2.68. The summed E-state index contributed by atoms with van der Waals surface area (Å²) in [7, 11) is 0. The lowest BCUT2D eigenvalue weighted by atomic mass is 9.44. The third-order valence-corrected chi connectivity index (χ3v) is 9.35. The Hall–Kier alpha value is -0.660. The molecule has 134 valence electrons. The number of fused-ring (bicyclic) bond motifs is 5. The van der Waals surface area contributed by atoms with Crippen LogP contribution in [-0.4, -0.2) is 11.6 Å². The summed E-state index contributed by atoms with van der Waals surface area (Å²) in [6, 6.07) is 0. The van der Waals surface area contributed by atoms with Crippen molar-refractivity contribution in [3.63, 3.8) is 0 Å². The van der Waals surface area contributed by atoms with E-state index in [1.54, 1.807) is 0 Å². The zero-order chi connectivity index (χ0) is 17.1. The van der Waals surface area contributed by atoms with Crippen molar-refractivity contribution in [3.8, 4) is 0 Å². The lowest BCUT2D eigenvalue weighted by Gasteiger charge is -2.60. The van der Waals surface area contributed by atoms with Crippen LogP contribution in [0, 0.1) is 40.4 Å². The minimum Gasteiger partial charge on any atom is -0.300 e. The van der Waals surface area contributed by atoms with Crippen molar-refractivity contribution >= 4 is 11.6 Å². The Kier molecular flexibility index (Phi) is 3.97. The quantitative estimate of drug-likeness (QED) is 0.698. The molecule has 0 spiro atoms. The van der Waals surface area contributed by atoms with Gasteiger partial charge >= 0.3 is 0 Å². The Morgan fingerprint density at radius 1 is 1.08 bits per heavy atom. The van der Waals surface area contributed by atoms with Gasteiger partial charge in [0.25, 0.3) is 0 Å². The molecule has 4 rings (SSSR count). The molecule has 2 nitrogen and oxygen atoms in total. The second-order valence-electron chi connectivity index (χ2n) is 9.77. The number of rotatable bonds is 2. The van der Waals surface area contributed by atoms with Gasteiger partial charge in [-0.05, 0) is 92.8 Å². The molecule has 4 aliphatic rings. The minimum atomic E-state index is 0.306. The van der Waals surface area contributed by atoms with E-state index in [1.807, 2.05) is 6.92 Å². The first-order chi connectivity index (χ1) is 11.4. The number of hydrogen-bond donors (Lipinski definition) is 0. The molecule has 4 aliphatic carbocycles. The van der Waals surface area contributed by atoms with Crippen LogP contribution in [0.4, 0.5) is 0 Å². The van der Waals surface area contributed by atoms with Crippen LogP contribution < -0.4 is 0 Å². The molecule has 0 aromatic carbocycles. The smallest absolute Gasteiger partial charge is 0.133 e. The van der Waals surface area contributed by atoms with E-state index < -0.39 is 0 Å². The summed E-state index contributed by atoms with van der Waals surface area (Å²) in [6.45, 7) is 6.68. The Labute approximate surface area is 147 Å². The van der Waals surface area contributed by atoms with E-state index in [4.69, 9.17) is 0 Å². The number of carbonyl (C=O) groups excluding carboxylic acids is 2. The Bertz CT molecular complexity index is 552. The normalized spacial score (nSPS) is 50.8. The summed E-state index contributed by atoms with van der Waals surface area (Å²) in [4.78, 5) is 24.3. The zero-order valence-corrected chi connectivity index (χ0v) is 15.8. The highest BCUT2D eigenvalue weighted by Gasteiger charge is 2.61. The van der Waals surface area contributed by atoms with Crippen LogP contribution in [0.1, 0.15) is 85.0 Å². The van der Waals surface area contributed by atoms with Gasteiger partial charge in [0, 0.05) is 18.8 Å². The Morgan fingerprint density at radius 3 is 2.58 bits per heavy atom. The Balaban J connectivity index is 1.65. The van der Waals surface area contributed by atoms with Crippen LogP contribution in [0.3, 0.4) is 0 Å². The van der Waals surface area contributed by atoms with Gasteiger partial charge in [-0.15, -0.1) is 0 Å². The maximum atomic E-state index is 12.3. The van der Waals surface area contributed by atoms with Crippen LogP contribution in [0.5, 0.6) is 0 Å². The van der Waals surface area contributed by atoms with E-state index in [9.17, 15) is 9.59 Å². The molecule has 4 saturated carbocycles. The van der Waals surface area contributed by atoms with E-state index >= 15 is 0 Å². The first-order valence-electron chi connectivity index (χ1n) is 10.4. The third kappa shape index (κ3) is 2.13. The van der Waals surface area contributed by atoms with E-state index in [-0.39, 0.29) is 0 Å². The molecule has 0 unspecified atom stereocenters. The molecule has 0 aromatic heterocycles. The topological polar surface area (TPSA) is 34.1 Å². The first kappa shape index (κ1) is 16.8. The highest BCUT2D eigenvalue weighted by atomic mass is 16.1. The second-order valence-corrected chi connectivity index (χ2v) is 9.77. The van der Waals surface area contributed by atoms with Gasteiger partial charge in [0.15, 0.2) is 0 Å². The number of Topliss-reactive ketones (excluding diaryl/α,β-unsaturated/α-hetero) is 2. The minimum absolute atomic E-state index is 0.306. The largest absolute Gasteiger partial charge is 0.300 e. The van der Waals surface area contributed by atoms with Gasteiger partial charge in [0.1, 0.15) is 11.6 Å². The van der Waals surface area contributed by atoms with Crippen LogP contribution in [0.2, 0.25) is 0 Å². The van der Waals surface area contributed by atoms with Crippen LogP contribution >= 0.6 is 0 Å². The fourth-order valence-electron chi connectivity index (χ4n) is 8.15. The molecule has 0 aliphatic heterocycles. The molecule has 0 radical (unpaired) electrons. The van der Waals surface area contributed by atoms with Crippen molar-refractivity contribution in [2.75, 3.05) is 0 Å². The average molecular weight is 331 g/mol. The summed E-state index contributed by atoms with van der Waals surface area (Å²) in [5.41, 5.74) is 0.700. The molecule has 24 heavy (non-hydrogen) atoms. The van der Waals surface area contributed by atoms with Gasteiger partial charge in [0.2, 0.25) is 0 Å². The van der Waals surface area contributed by atoms with E-state index in [0.717, 1.165) is 43.4 Å². The fourth-order valence-corrected chi connectivity index (χ4v) is 8.15. The lowest BCUT2D eigenvalue weighted by Crippen LogP contribution is -2.54. The monoisotopic (exact) mass is 330 g/mol. The van der Waals surface area contributed by atoms with E-state index in [0.29, 0.717) is 34.2 Å². The maximum absolute atomic E-state index is 12.3. The number of carbonyl (C=O) groups is 2. The van der Waals surface area contributed by atoms with Gasteiger partial charge in [-0.1, -0.05) is 13.8 Å². The van der Waals surface area contributed by atoms with Gasteiger partial charge in [-0.2, -0.15) is 0 Å². The molecule has 2 heteroatoms. The summed E-state index contributed by atoms with van der Waals surface area (Å²) in [5.74, 6) is 4.31. The molecule has 0 amide bonds. The molecular weight excluding hydrogens is 296 g/mol. The zero-order valence-electron chi connectivity index (χ0n) is 15.8. The van der Waals surface area contributed by atoms with Crippen molar-refractivity contribution in [3.05, 3.63) is 0 Å². The molecular formula is C22H34O2. The van der Waals surface area contributed by atoms with Crippen LogP contribution in [0.15, 0.2) is 0 Å². The van der Waals surface area contributed by atoms with Crippen molar-refractivity contribution in [2.45, 2.75) is 85.0 Å². The number of hydrogen-bond acceptors (Lipinski definition) is 2. The third-order valence-electron chi connectivity index (χ3n) is 9.35. The van der Waals surface area contributed by atoms with Crippen molar-refractivity contribution in [1.82, 2.24) is 0 Å². The molecule has 0 bridgehead atoms. The summed E-state index contributed by atoms with van der Waals surface area (Å²) >= 11 is 0. The summed E-state index contributed by atoms with van der Waals surface area (Å²) < 4.78 is 0. The molecule has 0 saturated heterocycles. The molecule has 0 aromatic rings. The van der Waals surface area contributed by atoms with Crippen LogP contribution in [0.25, 0.3) is 0 Å². The molecule has 0 heterocycles. The van der Waals surface area contributed by atoms with Gasteiger partial charge < -0.3 is 0 Å². The maximum Gasteiger partial charge on any atom is 0.133 e. The van der Waals surface area contributed by atoms with Crippen LogP contribution in [-0.2, 0) is 9.59 Å². The van der Waals surface area contributed by atoms with Gasteiger partial charge in [-0.3, -0.25) is 9.59 Å². The second kappa shape index (κ2) is 5.68. The molecule has 7 atom stereocenters. The average Bonchev–Trinajstić information content (AvgIpc) is 2.95. The van der Waals surface area contributed by atoms with Gasteiger partial charge in [0.05, 0.1) is 0 Å². The molecule has 4 fully saturated rings. The van der Waals surface area contributed by atoms with Crippen molar-refractivity contribution in [2.24, 2.45) is 40.4 Å². The highest BCUT2D eigenvalue weighted by molar-refractivity contribution is 5.80. The molecule has 0 N–H and O–H groups in total. The van der Waals surface area contributed by atoms with E-state index in [1.165, 1.54) is 38.5 Å². The lowest BCUT2D eigenvalue weighted by molar-refractivity contribution is -0.145. The van der Waals surface area contributed by atoms with Crippen molar-refractivity contribution < 1.29 is 9.59 Å². The van der Waals surface area contributed by atoms with Crippen molar-refractivity contribution in [1.29, 1.82) is 0 Å². The standard InChI is InChI=1S/C22H34O2/c1-4-22-12-10-19-17(20(22)8-7-18(22)14(2)23)6-5-15-13-16(24)9-11-21(15,19)3/h15,17-20H,4-13H2,1-3H3/t15-,17-,18-,19+,20+,21+,22-/m1/s1. The predicted octanol–water partition coefficient (Wildman–Crippen LogP) is 5.19. The predicted molar refractivity (Wildman–Crippen MR) is 95.5 cm³/mol. The number of ketones is 2. The SMILES string of the molecule is CC[C@]12CC[C@H]3[C@@H](CC[C@@H]4CC(=O)CC[C@@]43C)[C@@H]1CC[C@@H]2C(C)=O. The van der Waals surface area contributed by atoms with E-state index in [2.05, 4.69) is 13.8 Å².